The summed E-state index contributed by atoms with van der Waals surface area (Å²) in [5.74, 6) is -0.243. The van der Waals surface area contributed by atoms with Gasteiger partial charge in [-0.15, -0.1) is 0 Å². The lowest BCUT2D eigenvalue weighted by atomic mass is 10.2. The van der Waals surface area contributed by atoms with Crippen LogP contribution in [0.2, 0.25) is 0 Å². The molecule has 112 valence electrons. The van der Waals surface area contributed by atoms with Crippen LogP contribution in [0.15, 0.2) is 21.2 Å². The fourth-order valence-corrected chi connectivity index (χ4v) is 2.09. The van der Waals surface area contributed by atoms with E-state index in [9.17, 15) is 9.59 Å². The third-order valence-electron chi connectivity index (χ3n) is 2.92. The number of halogens is 1. The largest absolute Gasteiger partial charge is 0.469 e. The molecular weight excluding hydrogens is 326 g/mol. The Labute approximate surface area is 127 Å². The lowest BCUT2D eigenvalue weighted by molar-refractivity contribution is -0.140. The van der Waals surface area contributed by atoms with Crippen molar-refractivity contribution in [1.82, 2.24) is 4.90 Å². The van der Waals surface area contributed by atoms with Gasteiger partial charge in [0.25, 0.3) is 5.91 Å². The first-order valence-electron chi connectivity index (χ1n) is 6.70. The van der Waals surface area contributed by atoms with Gasteiger partial charge in [0.1, 0.15) is 0 Å². The summed E-state index contributed by atoms with van der Waals surface area (Å²) in [4.78, 5) is 25.2. The van der Waals surface area contributed by atoms with E-state index in [0.717, 1.165) is 19.3 Å². The van der Waals surface area contributed by atoms with E-state index in [1.54, 1.807) is 17.0 Å². The second-order valence-electron chi connectivity index (χ2n) is 4.43. The highest BCUT2D eigenvalue weighted by molar-refractivity contribution is 9.10. The number of hydrogen-bond donors (Lipinski definition) is 0. The number of nitrogens with zero attached hydrogens (tertiary/aromatic N) is 1. The van der Waals surface area contributed by atoms with E-state index in [1.807, 2.05) is 0 Å². The Morgan fingerprint density at radius 1 is 1.30 bits per heavy atom. The molecule has 0 saturated heterocycles. The zero-order valence-corrected chi connectivity index (χ0v) is 13.4. The SMILES string of the molecule is CCCCCN(CCC(=O)OC)C(=O)c1ccc(Br)o1. The van der Waals surface area contributed by atoms with Crippen LogP contribution in [0.5, 0.6) is 0 Å². The Hall–Kier alpha value is -1.30. The Morgan fingerprint density at radius 3 is 2.60 bits per heavy atom. The van der Waals surface area contributed by atoms with Crippen LogP contribution in [0.3, 0.4) is 0 Å². The summed E-state index contributed by atoms with van der Waals surface area (Å²) >= 11 is 3.18. The van der Waals surface area contributed by atoms with Crippen molar-refractivity contribution in [2.45, 2.75) is 32.6 Å². The zero-order chi connectivity index (χ0) is 15.0. The number of furan rings is 1. The maximum atomic E-state index is 12.3. The molecule has 0 atom stereocenters. The number of carbonyl (C=O) groups excluding carboxylic acids is 2. The van der Waals surface area contributed by atoms with Crippen LogP contribution in [0.4, 0.5) is 0 Å². The molecule has 0 aliphatic rings. The summed E-state index contributed by atoms with van der Waals surface area (Å²) < 4.78 is 10.4. The van der Waals surface area contributed by atoms with Gasteiger partial charge in [-0.3, -0.25) is 9.59 Å². The molecule has 5 nitrogen and oxygen atoms in total. The molecule has 1 heterocycles. The molecule has 0 bridgehead atoms. The van der Waals surface area contributed by atoms with Crippen LogP contribution < -0.4 is 0 Å². The maximum Gasteiger partial charge on any atom is 0.307 e. The van der Waals surface area contributed by atoms with Gasteiger partial charge in [0, 0.05) is 13.1 Å². The van der Waals surface area contributed by atoms with E-state index in [0.29, 0.717) is 17.8 Å². The molecule has 0 N–H and O–H groups in total. The first kappa shape index (κ1) is 16.8. The van der Waals surface area contributed by atoms with Gasteiger partial charge in [0.05, 0.1) is 13.5 Å². The fourth-order valence-electron chi connectivity index (χ4n) is 1.78. The van der Waals surface area contributed by atoms with Crippen LogP contribution in [0.1, 0.15) is 43.2 Å². The first-order valence-corrected chi connectivity index (χ1v) is 7.49. The lowest BCUT2D eigenvalue weighted by Gasteiger charge is -2.21. The van der Waals surface area contributed by atoms with Crippen LogP contribution in [0, 0.1) is 0 Å². The Bertz CT molecular complexity index is 444. The molecule has 0 aliphatic heterocycles. The monoisotopic (exact) mass is 345 g/mol. The van der Waals surface area contributed by atoms with Crippen LogP contribution >= 0.6 is 15.9 Å². The van der Waals surface area contributed by atoms with Gasteiger partial charge in [-0.05, 0) is 34.5 Å². The van der Waals surface area contributed by atoms with Crippen molar-refractivity contribution < 1.29 is 18.7 Å². The van der Waals surface area contributed by atoms with Crippen molar-refractivity contribution in [3.05, 3.63) is 22.6 Å². The Kier molecular flexibility index (Phi) is 7.36. The van der Waals surface area contributed by atoms with Crippen LogP contribution in [-0.2, 0) is 9.53 Å². The Morgan fingerprint density at radius 2 is 2.05 bits per heavy atom. The zero-order valence-electron chi connectivity index (χ0n) is 11.9. The molecule has 0 aromatic carbocycles. The van der Waals surface area contributed by atoms with Gasteiger partial charge in [0.15, 0.2) is 10.4 Å². The highest BCUT2D eigenvalue weighted by Gasteiger charge is 2.19. The molecule has 0 saturated carbocycles. The van der Waals surface area contributed by atoms with E-state index in [1.165, 1.54) is 7.11 Å². The van der Waals surface area contributed by atoms with Gasteiger partial charge in [-0.25, -0.2) is 0 Å². The number of unbranched alkanes of at least 4 members (excludes halogenated alkanes) is 2. The number of methoxy groups -OCH3 is 1. The molecule has 1 rings (SSSR count). The molecule has 6 heteroatoms. The molecule has 0 fully saturated rings. The summed E-state index contributed by atoms with van der Waals surface area (Å²) in [7, 11) is 1.34. The number of esters is 1. The second-order valence-corrected chi connectivity index (χ2v) is 5.21. The molecule has 0 aliphatic carbocycles. The molecule has 0 spiro atoms. The maximum absolute atomic E-state index is 12.3. The molecule has 20 heavy (non-hydrogen) atoms. The van der Waals surface area contributed by atoms with Crippen molar-refractivity contribution in [1.29, 1.82) is 0 Å². The molecular formula is C14H20BrNO4. The minimum Gasteiger partial charge on any atom is -0.469 e. The highest BCUT2D eigenvalue weighted by atomic mass is 79.9. The summed E-state index contributed by atoms with van der Waals surface area (Å²) in [6, 6.07) is 3.30. The van der Waals surface area contributed by atoms with Gasteiger partial charge >= 0.3 is 5.97 Å². The van der Waals surface area contributed by atoms with Crippen molar-refractivity contribution in [2.24, 2.45) is 0 Å². The van der Waals surface area contributed by atoms with Gasteiger partial charge in [-0.2, -0.15) is 0 Å². The summed E-state index contributed by atoms with van der Waals surface area (Å²) in [6.07, 6.45) is 3.22. The minimum atomic E-state index is -0.320. The predicted molar refractivity (Wildman–Crippen MR) is 78.5 cm³/mol. The smallest absolute Gasteiger partial charge is 0.307 e. The van der Waals surface area contributed by atoms with Crippen molar-refractivity contribution in [2.75, 3.05) is 20.2 Å². The van der Waals surface area contributed by atoms with E-state index in [-0.39, 0.29) is 24.1 Å². The van der Waals surface area contributed by atoms with Gasteiger partial charge in [-0.1, -0.05) is 19.8 Å². The number of rotatable bonds is 8. The first-order chi connectivity index (χ1) is 9.58. The molecule has 1 aromatic rings. The van der Waals surface area contributed by atoms with Crippen molar-refractivity contribution >= 4 is 27.8 Å². The molecule has 1 amide bonds. The standard InChI is InChI=1S/C14H20BrNO4/c1-3-4-5-9-16(10-8-13(17)19-2)14(18)11-6-7-12(15)20-11/h6-7H,3-5,8-10H2,1-2H3. The van der Waals surface area contributed by atoms with E-state index >= 15 is 0 Å². The third-order valence-corrected chi connectivity index (χ3v) is 3.34. The second kappa shape index (κ2) is 8.79. The predicted octanol–water partition coefficient (Wildman–Crippen LogP) is 3.24. The third kappa shape index (κ3) is 5.36. The summed E-state index contributed by atoms with van der Waals surface area (Å²) in [5, 5.41) is 0. The molecule has 1 aromatic heterocycles. The van der Waals surface area contributed by atoms with Crippen molar-refractivity contribution in [3.8, 4) is 0 Å². The van der Waals surface area contributed by atoms with E-state index in [4.69, 9.17) is 4.42 Å². The van der Waals surface area contributed by atoms with Gasteiger partial charge in [0.2, 0.25) is 0 Å². The van der Waals surface area contributed by atoms with Crippen LogP contribution in [0.25, 0.3) is 0 Å². The topological polar surface area (TPSA) is 59.8 Å². The lowest BCUT2D eigenvalue weighted by Crippen LogP contribution is -2.34. The average Bonchev–Trinajstić information content (AvgIpc) is 2.88. The van der Waals surface area contributed by atoms with Crippen molar-refractivity contribution in [3.63, 3.8) is 0 Å². The number of amides is 1. The quantitative estimate of drug-likeness (QED) is 0.536. The van der Waals surface area contributed by atoms with Crippen LogP contribution in [-0.4, -0.2) is 37.0 Å². The number of carbonyl (C=O) groups is 2. The summed E-state index contributed by atoms with van der Waals surface area (Å²) in [6.45, 7) is 3.06. The number of hydrogen-bond acceptors (Lipinski definition) is 4. The minimum absolute atomic E-state index is 0.191. The number of ether oxygens (including phenoxy) is 1. The molecule has 0 unspecified atom stereocenters. The highest BCUT2D eigenvalue weighted by Crippen LogP contribution is 2.16. The average molecular weight is 346 g/mol. The fraction of sp³-hybridized carbons (Fsp3) is 0.571. The van der Waals surface area contributed by atoms with E-state index < -0.39 is 0 Å². The van der Waals surface area contributed by atoms with E-state index in [2.05, 4.69) is 27.6 Å². The Balaban J connectivity index is 2.64. The molecule has 0 radical (unpaired) electrons. The van der Waals surface area contributed by atoms with Gasteiger partial charge < -0.3 is 14.1 Å². The summed E-state index contributed by atoms with van der Waals surface area (Å²) in [5.41, 5.74) is 0. The normalized spacial score (nSPS) is 10.3.